The van der Waals surface area contributed by atoms with Gasteiger partial charge >= 0.3 is 5.97 Å². The normalized spacial score (nSPS) is 22.9. The summed E-state index contributed by atoms with van der Waals surface area (Å²) >= 11 is 3.48. The Labute approximate surface area is 126 Å². The van der Waals surface area contributed by atoms with Crippen LogP contribution in [0.25, 0.3) is 10.9 Å². The number of benzene rings is 1. The molecule has 5 heteroatoms. The molecule has 1 fully saturated rings. The second kappa shape index (κ2) is 5.56. The molecule has 4 nitrogen and oxygen atoms in total. The summed E-state index contributed by atoms with van der Waals surface area (Å²) in [5, 5.41) is 5.79. The number of esters is 1. The summed E-state index contributed by atoms with van der Waals surface area (Å²) in [7, 11) is 1.46. The Kier molecular flexibility index (Phi) is 3.78. The minimum atomic E-state index is -0.0713. The largest absolute Gasteiger partial charge is 0.469 e. The average molecular weight is 337 g/mol. The van der Waals surface area contributed by atoms with Crippen LogP contribution in [0.15, 0.2) is 28.9 Å². The number of aromatic nitrogens is 2. The van der Waals surface area contributed by atoms with Crippen LogP contribution in [0.5, 0.6) is 0 Å². The fourth-order valence-electron chi connectivity index (χ4n) is 2.95. The highest BCUT2D eigenvalue weighted by molar-refractivity contribution is 9.10. The molecule has 0 unspecified atom stereocenters. The van der Waals surface area contributed by atoms with Gasteiger partial charge in [0.15, 0.2) is 0 Å². The minimum Gasteiger partial charge on any atom is -0.469 e. The van der Waals surface area contributed by atoms with Crippen molar-refractivity contribution < 1.29 is 9.53 Å². The molecule has 0 radical (unpaired) electrons. The van der Waals surface area contributed by atoms with Gasteiger partial charge in [0.1, 0.15) is 0 Å². The number of ether oxygens (including phenoxy) is 1. The molecular weight excluding hydrogens is 320 g/mol. The lowest BCUT2D eigenvalue weighted by atomic mass is 9.86. The maximum atomic E-state index is 11.5. The first-order valence-corrected chi connectivity index (χ1v) is 7.69. The molecule has 0 aliphatic heterocycles. The van der Waals surface area contributed by atoms with Crippen molar-refractivity contribution in [2.45, 2.75) is 31.7 Å². The highest BCUT2D eigenvalue weighted by Crippen LogP contribution is 2.33. The van der Waals surface area contributed by atoms with E-state index in [4.69, 9.17) is 4.74 Å². The topological polar surface area (TPSA) is 44.1 Å². The first-order chi connectivity index (χ1) is 9.67. The lowest BCUT2D eigenvalue weighted by Gasteiger charge is -2.26. The predicted molar refractivity (Wildman–Crippen MR) is 80.4 cm³/mol. The predicted octanol–water partition coefficient (Wildman–Crippen LogP) is 3.70. The van der Waals surface area contributed by atoms with Gasteiger partial charge in [-0.05, 0) is 43.9 Å². The Morgan fingerprint density at radius 2 is 2.10 bits per heavy atom. The molecular formula is C15H17BrN2O2. The lowest BCUT2D eigenvalue weighted by Crippen LogP contribution is -2.24. The monoisotopic (exact) mass is 336 g/mol. The summed E-state index contributed by atoms with van der Waals surface area (Å²) in [6.45, 7) is 0. The summed E-state index contributed by atoms with van der Waals surface area (Å²) < 4.78 is 7.95. The van der Waals surface area contributed by atoms with E-state index in [9.17, 15) is 4.79 Å². The van der Waals surface area contributed by atoms with Crippen LogP contribution in [-0.2, 0) is 9.53 Å². The van der Waals surface area contributed by atoms with Gasteiger partial charge in [-0.2, -0.15) is 5.10 Å². The molecule has 3 rings (SSSR count). The summed E-state index contributed by atoms with van der Waals surface area (Å²) in [5.74, 6) is -0.00613. The maximum absolute atomic E-state index is 11.5. The first kappa shape index (κ1) is 13.6. The van der Waals surface area contributed by atoms with Crippen LogP contribution in [0.3, 0.4) is 0 Å². The Morgan fingerprint density at radius 1 is 1.35 bits per heavy atom. The molecule has 20 heavy (non-hydrogen) atoms. The average Bonchev–Trinajstić information content (AvgIpc) is 2.89. The molecule has 1 heterocycles. The summed E-state index contributed by atoms with van der Waals surface area (Å²) in [5.41, 5.74) is 1.02. The van der Waals surface area contributed by atoms with Crippen LogP contribution in [-0.4, -0.2) is 22.9 Å². The van der Waals surface area contributed by atoms with Gasteiger partial charge < -0.3 is 4.74 Å². The molecule has 1 aliphatic rings. The third-order valence-corrected chi connectivity index (χ3v) is 4.58. The summed E-state index contributed by atoms with van der Waals surface area (Å²) in [6.07, 6.45) is 5.83. The standard InChI is InChI=1S/C15H17BrN2O2/c1-20-15(19)10-2-5-13(6-3-10)18-9-11-8-12(16)4-7-14(11)17-18/h4,7-10,13H,2-3,5-6H2,1H3/t10-,13-. The smallest absolute Gasteiger partial charge is 0.308 e. The zero-order valence-corrected chi connectivity index (χ0v) is 13.0. The highest BCUT2D eigenvalue weighted by Gasteiger charge is 2.28. The Balaban J connectivity index is 1.75. The summed E-state index contributed by atoms with van der Waals surface area (Å²) in [4.78, 5) is 11.5. The van der Waals surface area contributed by atoms with Crippen LogP contribution in [0, 0.1) is 5.92 Å². The van der Waals surface area contributed by atoms with Crippen LogP contribution < -0.4 is 0 Å². The van der Waals surface area contributed by atoms with Gasteiger partial charge in [-0.25, -0.2) is 0 Å². The van der Waals surface area contributed by atoms with Gasteiger partial charge in [-0.15, -0.1) is 0 Å². The molecule has 1 saturated carbocycles. The van der Waals surface area contributed by atoms with Crippen molar-refractivity contribution in [3.63, 3.8) is 0 Å². The van der Waals surface area contributed by atoms with Crippen molar-refractivity contribution >= 4 is 32.8 Å². The van der Waals surface area contributed by atoms with Crippen molar-refractivity contribution in [3.8, 4) is 0 Å². The molecule has 0 amide bonds. The number of carbonyl (C=O) groups is 1. The molecule has 0 N–H and O–H groups in total. The van der Waals surface area contributed by atoms with E-state index in [1.807, 2.05) is 12.1 Å². The maximum Gasteiger partial charge on any atom is 0.308 e. The van der Waals surface area contributed by atoms with E-state index in [2.05, 4.69) is 38.0 Å². The fraction of sp³-hybridized carbons (Fsp3) is 0.467. The first-order valence-electron chi connectivity index (χ1n) is 6.89. The van der Waals surface area contributed by atoms with E-state index < -0.39 is 0 Å². The number of fused-ring (bicyclic) bond motifs is 1. The van der Waals surface area contributed by atoms with Crippen molar-refractivity contribution in [2.75, 3.05) is 7.11 Å². The van der Waals surface area contributed by atoms with E-state index >= 15 is 0 Å². The van der Waals surface area contributed by atoms with Gasteiger partial charge in [0.2, 0.25) is 0 Å². The van der Waals surface area contributed by atoms with E-state index in [1.54, 1.807) is 0 Å². The van der Waals surface area contributed by atoms with Crippen molar-refractivity contribution in [3.05, 3.63) is 28.9 Å². The molecule has 0 atom stereocenters. The lowest BCUT2D eigenvalue weighted by molar-refractivity contribution is -0.146. The molecule has 1 aromatic heterocycles. The van der Waals surface area contributed by atoms with E-state index in [0.29, 0.717) is 6.04 Å². The van der Waals surface area contributed by atoms with Crippen LogP contribution in [0.2, 0.25) is 0 Å². The van der Waals surface area contributed by atoms with Gasteiger partial charge in [0.05, 0.1) is 24.6 Å². The fourth-order valence-corrected chi connectivity index (χ4v) is 3.32. The number of nitrogens with zero attached hydrogens (tertiary/aromatic N) is 2. The van der Waals surface area contributed by atoms with Crippen molar-refractivity contribution in [2.24, 2.45) is 5.92 Å². The minimum absolute atomic E-state index is 0.0652. The zero-order valence-electron chi connectivity index (χ0n) is 11.4. The number of hydrogen-bond donors (Lipinski definition) is 0. The zero-order chi connectivity index (χ0) is 14.1. The van der Waals surface area contributed by atoms with Crippen LogP contribution in [0.1, 0.15) is 31.7 Å². The van der Waals surface area contributed by atoms with E-state index in [0.717, 1.165) is 41.1 Å². The second-order valence-electron chi connectivity index (χ2n) is 5.34. The Morgan fingerprint density at radius 3 is 2.80 bits per heavy atom. The van der Waals surface area contributed by atoms with E-state index in [1.165, 1.54) is 7.11 Å². The molecule has 0 bridgehead atoms. The molecule has 2 aromatic rings. The van der Waals surface area contributed by atoms with Crippen molar-refractivity contribution in [1.29, 1.82) is 0 Å². The van der Waals surface area contributed by atoms with Gasteiger partial charge in [-0.1, -0.05) is 15.9 Å². The third-order valence-electron chi connectivity index (χ3n) is 4.09. The number of halogens is 1. The van der Waals surface area contributed by atoms with Crippen LogP contribution in [0.4, 0.5) is 0 Å². The quantitative estimate of drug-likeness (QED) is 0.785. The number of carbonyl (C=O) groups excluding carboxylic acids is 1. The number of hydrogen-bond acceptors (Lipinski definition) is 3. The molecule has 0 saturated heterocycles. The summed E-state index contributed by atoms with van der Waals surface area (Å²) in [6, 6.07) is 6.50. The molecule has 1 aromatic carbocycles. The van der Waals surface area contributed by atoms with E-state index in [-0.39, 0.29) is 11.9 Å². The Bertz CT molecular complexity index is 630. The highest BCUT2D eigenvalue weighted by atomic mass is 79.9. The number of rotatable bonds is 2. The van der Waals surface area contributed by atoms with Crippen molar-refractivity contribution in [1.82, 2.24) is 9.78 Å². The molecule has 0 spiro atoms. The number of methoxy groups -OCH3 is 1. The van der Waals surface area contributed by atoms with Gasteiger partial charge in [-0.3, -0.25) is 9.48 Å². The SMILES string of the molecule is COC(=O)[C@H]1CC[C@H](n2cc3cc(Br)ccc3n2)CC1. The Hall–Kier alpha value is -1.36. The third kappa shape index (κ3) is 2.59. The van der Waals surface area contributed by atoms with Crippen LogP contribution >= 0.6 is 15.9 Å². The second-order valence-corrected chi connectivity index (χ2v) is 6.26. The van der Waals surface area contributed by atoms with Gasteiger partial charge in [0.25, 0.3) is 0 Å². The molecule has 106 valence electrons. The van der Waals surface area contributed by atoms with Gasteiger partial charge in [0, 0.05) is 16.1 Å². The molecule has 1 aliphatic carbocycles.